The second-order valence-corrected chi connectivity index (χ2v) is 4.28. The Kier molecular flexibility index (Phi) is 3.33. The van der Waals surface area contributed by atoms with E-state index in [0.717, 1.165) is 16.7 Å². The molecule has 0 aliphatic heterocycles. The molecule has 0 unspecified atom stereocenters. The molecule has 0 aliphatic rings. The molecule has 2 rings (SSSR count). The summed E-state index contributed by atoms with van der Waals surface area (Å²) in [5.41, 5.74) is 3.98. The first-order valence-corrected chi connectivity index (χ1v) is 5.66. The molecule has 86 valence electrons. The normalized spacial score (nSPS) is 10.2. The van der Waals surface area contributed by atoms with Crippen molar-refractivity contribution in [1.82, 2.24) is 4.98 Å². The van der Waals surface area contributed by atoms with Gasteiger partial charge in [-0.05, 0) is 31.0 Å². The molecule has 0 aliphatic carbocycles. The number of nitrogens with zero attached hydrogens (tertiary/aromatic N) is 1. The number of Topliss-reactive ketones (excluding diaryl/α,β-unsaturated/α-hetero) is 1. The Bertz CT molecular complexity index is 532. The van der Waals surface area contributed by atoms with Crippen LogP contribution in [0.15, 0.2) is 42.7 Å². The van der Waals surface area contributed by atoms with Crippen molar-refractivity contribution in [3.05, 3.63) is 65.0 Å². The van der Waals surface area contributed by atoms with Crippen LogP contribution in [0.25, 0.3) is 0 Å². The van der Waals surface area contributed by atoms with Crippen LogP contribution in [0.4, 0.5) is 0 Å². The molecule has 0 N–H and O–H groups in total. The Labute approximate surface area is 101 Å². The number of hydrogen-bond acceptors (Lipinski definition) is 2. The van der Waals surface area contributed by atoms with Crippen LogP contribution in [0.1, 0.15) is 27.0 Å². The molecule has 1 heterocycles. The lowest BCUT2D eigenvalue weighted by Crippen LogP contribution is -2.06. The van der Waals surface area contributed by atoms with Gasteiger partial charge in [0, 0.05) is 24.4 Å². The van der Waals surface area contributed by atoms with Crippen LogP contribution < -0.4 is 0 Å². The summed E-state index contributed by atoms with van der Waals surface area (Å²) in [5, 5.41) is 0. The minimum absolute atomic E-state index is 0.149. The highest BCUT2D eigenvalue weighted by Crippen LogP contribution is 2.13. The second-order valence-electron chi connectivity index (χ2n) is 4.28. The summed E-state index contributed by atoms with van der Waals surface area (Å²) in [7, 11) is 0. The monoisotopic (exact) mass is 225 g/mol. The summed E-state index contributed by atoms with van der Waals surface area (Å²) in [5.74, 6) is 0.149. The van der Waals surface area contributed by atoms with E-state index in [1.165, 1.54) is 5.56 Å². The Morgan fingerprint density at radius 3 is 2.71 bits per heavy atom. The first kappa shape index (κ1) is 11.5. The summed E-state index contributed by atoms with van der Waals surface area (Å²) in [6, 6.07) is 9.70. The van der Waals surface area contributed by atoms with Crippen molar-refractivity contribution >= 4 is 5.78 Å². The van der Waals surface area contributed by atoms with Crippen LogP contribution >= 0.6 is 0 Å². The van der Waals surface area contributed by atoms with Crippen molar-refractivity contribution in [1.29, 1.82) is 0 Å². The molecule has 2 aromatic rings. The van der Waals surface area contributed by atoms with Crippen molar-refractivity contribution in [3.8, 4) is 0 Å². The third kappa shape index (κ3) is 2.78. The average molecular weight is 225 g/mol. The smallest absolute Gasteiger partial charge is 0.167 e. The maximum Gasteiger partial charge on any atom is 0.167 e. The molecule has 2 heteroatoms. The van der Waals surface area contributed by atoms with Gasteiger partial charge in [0.1, 0.15) is 0 Å². The molecule has 2 nitrogen and oxygen atoms in total. The quantitative estimate of drug-likeness (QED) is 0.751. The molecule has 0 radical (unpaired) electrons. The van der Waals surface area contributed by atoms with Gasteiger partial charge in [-0.3, -0.25) is 9.78 Å². The van der Waals surface area contributed by atoms with Crippen molar-refractivity contribution in [2.75, 3.05) is 0 Å². The predicted octanol–water partition coefficient (Wildman–Crippen LogP) is 3.12. The first-order valence-electron chi connectivity index (χ1n) is 5.66. The Hall–Kier alpha value is -1.96. The Morgan fingerprint density at radius 1 is 1.24 bits per heavy atom. The maximum absolute atomic E-state index is 12.1. The van der Waals surface area contributed by atoms with Gasteiger partial charge in [0.15, 0.2) is 5.78 Å². The topological polar surface area (TPSA) is 30.0 Å². The van der Waals surface area contributed by atoms with Crippen LogP contribution in [0, 0.1) is 13.8 Å². The average Bonchev–Trinajstić information content (AvgIpc) is 2.30. The van der Waals surface area contributed by atoms with Crippen LogP contribution in [0.2, 0.25) is 0 Å². The van der Waals surface area contributed by atoms with Gasteiger partial charge in [-0.15, -0.1) is 0 Å². The summed E-state index contributed by atoms with van der Waals surface area (Å²) < 4.78 is 0. The van der Waals surface area contributed by atoms with Gasteiger partial charge in [-0.1, -0.05) is 29.8 Å². The number of carbonyl (C=O) groups is 1. The number of benzene rings is 1. The fourth-order valence-corrected chi connectivity index (χ4v) is 1.91. The lowest BCUT2D eigenvalue weighted by molar-refractivity contribution is 0.0992. The van der Waals surface area contributed by atoms with Gasteiger partial charge in [-0.2, -0.15) is 0 Å². The van der Waals surface area contributed by atoms with Crippen LogP contribution in [0.5, 0.6) is 0 Å². The van der Waals surface area contributed by atoms with E-state index in [1.54, 1.807) is 12.4 Å². The molecule has 0 saturated heterocycles. The van der Waals surface area contributed by atoms with E-state index in [9.17, 15) is 4.79 Å². The molecule has 0 saturated carbocycles. The minimum Gasteiger partial charge on any atom is -0.294 e. The SMILES string of the molecule is Cc1ccc(C(=O)Cc2cccnc2)c(C)c1. The second kappa shape index (κ2) is 4.91. The van der Waals surface area contributed by atoms with E-state index in [1.807, 2.05) is 44.2 Å². The van der Waals surface area contributed by atoms with Crippen LogP contribution in [-0.2, 0) is 6.42 Å². The zero-order valence-electron chi connectivity index (χ0n) is 10.1. The van der Waals surface area contributed by atoms with E-state index in [2.05, 4.69) is 4.98 Å². The number of hydrogen-bond donors (Lipinski definition) is 0. The summed E-state index contributed by atoms with van der Waals surface area (Å²) in [6.45, 7) is 4.01. The number of aryl methyl sites for hydroxylation is 2. The fourth-order valence-electron chi connectivity index (χ4n) is 1.91. The molecule has 17 heavy (non-hydrogen) atoms. The standard InChI is InChI=1S/C15H15NO/c1-11-5-6-14(12(2)8-11)15(17)9-13-4-3-7-16-10-13/h3-8,10H,9H2,1-2H3. The van der Waals surface area contributed by atoms with E-state index < -0.39 is 0 Å². The van der Waals surface area contributed by atoms with Gasteiger partial charge in [0.2, 0.25) is 0 Å². The fraction of sp³-hybridized carbons (Fsp3) is 0.200. The van der Waals surface area contributed by atoms with E-state index >= 15 is 0 Å². The zero-order chi connectivity index (χ0) is 12.3. The molecule has 0 bridgehead atoms. The van der Waals surface area contributed by atoms with E-state index in [4.69, 9.17) is 0 Å². The van der Waals surface area contributed by atoms with Crippen molar-refractivity contribution in [2.45, 2.75) is 20.3 Å². The maximum atomic E-state index is 12.1. The molecular weight excluding hydrogens is 210 g/mol. The summed E-state index contributed by atoms with van der Waals surface area (Å²) in [6.07, 6.45) is 3.87. The molecule has 0 amide bonds. The van der Waals surface area contributed by atoms with Gasteiger partial charge < -0.3 is 0 Å². The van der Waals surface area contributed by atoms with Gasteiger partial charge >= 0.3 is 0 Å². The number of aromatic nitrogens is 1. The Morgan fingerprint density at radius 2 is 2.06 bits per heavy atom. The molecule has 0 spiro atoms. The minimum atomic E-state index is 0.149. The number of pyridine rings is 1. The van der Waals surface area contributed by atoms with Crippen molar-refractivity contribution in [3.63, 3.8) is 0 Å². The zero-order valence-corrected chi connectivity index (χ0v) is 10.1. The highest BCUT2D eigenvalue weighted by atomic mass is 16.1. The van der Waals surface area contributed by atoms with Gasteiger partial charge in [-0.25, -0.2) is 0 Å². The first-order chi connectivity index (χ1) is 8.16. The highest BCUT2D eigenvalue weighted by Gasteiger charge is 2.09. The third-order valence-electron chi connectivity index (χ3n) is 2.77. The van der Waals surface area contributed by atoms with Crippen LogP contribution in [0.3, 0.4) is 0 Å². The van der Waals surface area contributed by atoms with E-state index in [0.29, 0.717) is 6.42 Å². The molecule has 0 fully saturated rings. The molecule has 1 aromatic carbocycles. The summed E-state index contributed by atoms with van der Waals surface area (Å²) >= 11 is 0. The number of rotatable bonds is 3. The lowest BCUT2D eigenvalue weighted by Gasteiger charge is -2.05. The van der Waals surface area contributed by atoms with Crippen molar-refractivity contribution in [2.24, 2.45) is 0 Å². The third-order valence-corrected chi connectivity index (χ3v) is 2.77. The molecule has 1 aromatic heterocycles. The summed E-state index contributed by atoms with van der Waals surface area (Å²) in [4.78, 5) is 16.1. The molecule has 0 atom stereocenters. The van der Waals surface area contributed by atoms with Gasteiger partial charge in [0.05, 0.1) is 0 Å². The highest BCUT2D eigenvalue weighted by molar-refractivity contribution is 5.98. The van der Waals surface area contributed by atoms with Crippen molar-refractivity contribution < 1.29 is 4.79 Å². The lowest BCUT2D eigenvalue weighted by atomic mass is 9.98. The van der Waals surface area contributed by atoms with E-state index in [-0.39, 0.29) is 5.78 Å². The predicted molar refractivity (Wildman–Crippen MR) is 68.2 cm³/mol. The Balaban J connectivity index is 2.21. The number of ketones is 1. The molecular formula is C15H15NO. The van der Waals surface area contributed by atoms with Gasteiger partial charge in [0.25, 0.3) is 0 Å². The number of carbonyl (C=O) groups excluding carboxylic acids is 1. The van der Waals surface area contributed by atoms with Crippen LogP contribution in [-0.4, -0.2) is 10.8 Å². The largest absolute Gasteiger partial charge is 0.294 e.